The van der Waals surface area contributed by atoms with Crippen LogP contribution in [0.15, 0.2) is 18.5 Å². The Morgan fingerprint density at radius 3 is 2.19 bits per heavy atom. The van der Waals surface area contributed by atoms with Gasteiger partial charge in [-0.2, -0.15) is 22.5 Å². The van der Waals surface area contributed by atoms with E-state index in [1.54, 1.807) is 23.4 Å². The summed E-state index contributed by atoms with van der Waals surface area (Å²) >= 11 is 0. The lowest BCUT2D eigenvalue weighted by molar-refractivity contribution is -0.131. The van der Waals surface area contributed by atoms with Crippen molar-refractivity contribution < 1.29 is 22.4 Å². The zero-order valence-corrected chi connectivity index (χ0v) is 14.1. The maximum absolute atomic E-state index is 13.5. The molecule has 1 aliphatic heterocycles. The molecule has 0 radical (unpaired) electrons. The van der Waals surface area contributed by atoms with Crippen LogP contribution in [0.3, 0.4) is 0 Å². The van der Waals surface area contributed by atoms with Crippen LogP contribution in [0.4, 0.5) is 29.2 Å². The molecule has 11 heteroatoms. The number of halogens is 4. The predicted octanol–water partition coefficient (Wildman–Crippen LogP) is 1.58. The fourth-order valence-electron chi connectivity index (χ4n) is 2.71. The standard InChI is InChI=1S/C16H16F4N6O/c17-11-13(12(18)15(20)24-14(11)19)21-5-2-10(27)25-6-8-26(9-7-25)16-22-3-1-4-23-16/h1,3-4H,2,5-9H2,(H,21,24). The van der Waals surface area contributed by atoms with E-state index in [1.165, 1.54) is 0 Å². The summed E-state index contributed by atoms with van der Waals surface area (Å²) in [6.45, 7) is 1.80. The molecule has 0 spiro atoms. The average Bonchev–Trinajstić information content (AvgIpc) is 2.69. The van der Waals surface area contributed by atoms with Gasteiger partial charge in [-0.1, -0.05) is 0 Å². The lowest BCUT2D eigenvalue weighted by atomic mass is 10.2. The van der Waals surface area contributed by atoms with Crippen molar-refractivity contribution in [3.05, 3.63) is 42.0 Å². The van der Waals surface area contributed by atoms with Crippen LogP contribution in [0, 0.1) is 23.5 Å². The second-order valence-corrected chi connectivity index (χ2v) is 5.79. The Bertz CT molecular complexity index is 788. The topological polar surface area (TPSA) is 74.2 Å². The SMILES string of the molecule is O=C(CCNc1c(F)c(F)nc(F)c1F)N1CCN(c2ncccn2)CC1. The monoisotopic (exact) mass is 384 g/mol. The molecule has 3 rings (SSSR count). The summed E-state index contributed by atoms with van der Waals surface area (Å²) in [7, 11) is 0. The van der Waals surface area contributed by atoms with Crippen LogP contribution in [-0.2, 0) is 4.79 Å². The van der Waals surface area contributed by atoms with Gasteiger partial charge in [-0.3, -0.25) is 4.79 Å². The second-order valence-electron chi connectivity index (χ2n) is 5.79. The minimum Gasteiger partial charge on any atom is -0.379 e. The molecule has 144 valence electrons. The number of pyridine rings is 1. The highest BCUT2D eigenvalue weighted by Crippen LogP contribution is 2.22. The number of amides is 1. The Morgan fingerprint density at radius 1 is 1.00 bits per heavy atom. The number of rotatable bonds is 5. The van der Waals surface area contributed by atoms with E-state index < -0.39 is 29.2 Å². The fourth-order valence-corrected chi connectivity index (χ4v) is 2.71. The van der Waals surface area contributed by atoms with Crippen molar-refractivity contribution in [3.8, 4) is 0 Å². The smallest absolute Gasteiger partial charge is 0.253 e. The first-order chi connectivity index (χ1) is 13.0. The van der Waals surface area contributed by atoms with Crippen molar-refractivity contribution in [1.82, 2.24) is 19.9 Å². The highest BCUT2D eigenvalue weighted by molar-refractivity contribution is 5.77. The van der Waals surface area contributed by atoms with Gasteiger partial charge in [-0.25, -0.2) is 9.97 Å². The van der Waals surface area contributed by atoms with E-state index in [2.05, 4.69) is 20.3 Å². The third-order valence-electron chi connectivity index (χ3n) is 4.11. The number of hydrogen-bond acceptors (Lipinski definition) is 6. The Hall–Kier alpha value is -2.98. The molecule has 0 aliphatic carbocycles. The molecule has 1 fully saturated rings. The van der Waals surface area contributed by atoms with Gasteiger partial charge in [0.05, 0.1) is 0 Å². The first-order valence-corrected chi connectivity index (χ1v) is 8.21. The van der Waals surface area contributed by atoms with Gasteiger partial charge in [0, 0.05) is 51.5 Å². The van der Waals surface area contributed by atoms with Gasteiger partial charge in [-0.05, 0) is 6.07 Å². The van der Waals surface area contributed by atoms with E-state index >= 15 is 0 Å². The Morgan fingerprint density at radius 2 is 1.59 bits per heavy atom. The molecule has 0 unspecified atom stereocenters. The predicted molar refractivity (Wildman–Crippen MR) is 88.0 cm³/mol. The molecule has 2 aromatic rings. The molecule has 2 aromatic heterocycles. The molecule has 0 atom stereocenters. The van der Waals surface area contributed by atoms with Gasteiger partial charge in [0.1, 0.15) is 5.69 Å². The van der Waals surface area contributed by atoms with E-state index in [0.717, 1.165) is 0 Å². The number of hydrogen-bond donors (Lipinski definition) is 1. The summed E-state index contributed by atoms with van der Waals surface area (Å²) in [6.07, 6.45) is 3.18. The van der Waals surface area contributed by atoms with Gasteiger partial charge in [-0.15, -0.1) is 0 Å². The van der Waals surface area contributed by atoms with Gasteiger partial charge >= 0.3 is 0 Å². The second kappa shape index (κ2) is 8.14. The Balaban J connectivity index is 1.50. The van der Waals surface area contributed by atoms with Crippen molar-refractivity contribution in [2.75, 3.05) is 42.9 Å². The van der Waals surface area contributed by atoms with E-state index in [-0.39, 0.29) is 18.9 Å². The zero-order chi connectivity index (χ0) is 19.4. The lowest BCUT2D eigenvalue weighted by Gasteiger charge is -2.34. The van der Waals surface area contributed by atoms with E-state index in [9.17, 15) is 22.4 Å². The number of anilines is 2. The normalized spacial score (nSPS) is 14.4. The van der Waals surface area contributed by atoms with Crippen LogP contribution in [0.2, 0.25) is 0 Å². The molecule has 7 nitrogen and oxygen atoms in total. The molecular weight excluding hydrogens is 368 g/mol. The Labute approximate surface area is 152 Å². The molecule has 0 saturated carbocycles. The molecule has 1 N–H and O–H groups in total. The third-order valence-corrected chi connectivity index (χ3v) is 4.11. The molecule has 1 amide bonds. The van der Waals surface area contributed by atoms with Crippen LogP contribution in [0.1, 0.15) is 6.42 Å². The number of aromatic nitrogens is 3. The third kappa shape index (κ3) is 4.23. The van der Waals surface area contributed by atoms with E-state index in [1.807, 2.05) is 4.90 Å². The highest BCUT2D eigenvalue weighted by atomic mass is 19.2. The first-order valence-electron chi connectivity index (χ1n) is 8.21. The molecule has 1 aliphatic rings. The minimum absolute atomic E-state index is 0.0910. The van der Waals surface area contributed by atoms with Crippen LogP contribution in [-0.4, -0.2) is 58.5 Å². The van der Waals surface area contributed by atoms with Crippen molar-refractivity contribution in [3.63, 3.8) is 0 Å². The van der Waals surface area contributed by atoms with Crippen molar-refractivity contribution in [1.29, 1.82) is 0 Å². The number of carbonyl (C=O) groups is 1. The summed E-state index contributed by atoms with van der Waals surface area (Å²) in [5, 5.41) is 2.22. The largest absolute Gasteiger partial charge is 0.379 e. The summed E-state index contributed by atoms with van der Waals surface area (Å²) in [6, 6.07) is 1.71. The van der Waals surface area contributed by atoms with Crippen LogP contribution >= 0.6 is 0 Å². The first kappa shape index (κ1) is 18.8. The van der Waals surface area contributed by atoms with Crippen molar-refractivity contribution in [2.45, 2.75) is 6.42 Å². The maximum atomic E-state index is 13.5. The average molecular weight is 384 g/mol. The molecule has 27 heavy (non-hydrogen) atoms. The van der Waals surface area contributed by atoms with Crippen molar-refractivity contribution in [2.24, 2.45) is 0 Å². The summed E-state index contributed by atoms with van der Waals surface area (Å²) < 4.78 is 53.1. The minimum atomic E-state index is -1.75. The lowest BCUT2D eigenvalue weighted by Crippen LogP contribution is -2.49. The molecule has 3 heterocycles. The van der Waals surface area contributed by atoms with Gasteiger partial charge < -0.3 is 15.1 Å². The number of nitrogens with one attached hydrogen (secondary N) is 1. The molecule has 0 bridgehead atoms. The van der Waals surface area contributed by atoms with E-state index in [0.29, 0.717) is 32.1 Å². The number of carbonyl (C=O) groups excluding carboxylic acids is 1. The molecule has 0 aromatic carbocycles. The van der Waals surface area contributed by atoms with Crippen LogP contribution in [0.5, 0.6) is 0 Å². The van der Waals surface area contributed by atoms with Gasteiger partial charge in [0.15, 0.2) is 0 Å². The van der Waals surface area contributed by atoms with Gasteiger partial charge in [0.25, 0.3) is 11.9 Å². The maximum Gasteiger partial charge on any atom is 0.253 e. The van der Waals surface area contributed by atoms with Crippen LogP contribution < -0.4 is 10.2 Å². The molecular formula is C16H16F4N6O. The molecule has 1 saturated heterocycles. The highest BCUT2D eigenvalue weighted by Gasteiger charge is 2.23. The fraction of sp³-hybridized carbons (Fsp3) is 0.375. The quantitative estimate of drug-likeness (QED) is 0.623. The van der Waals surface area contributed by atoms with Crippen LogP contribution in [0.25, 0.3) is 0 Å². The van der Waals surface area contributed by atoms with Crippen molar-refractivity contribution >= 4 is 17.5 Å². The summed E-state index contributed by atoms with van der Waals surface area (Å²) in [5.41, 5.74) is -0.973. The number of nitrogens with zero attached hydrogens (tertiary/aromatic N) is 5. The summed E-state index contributed by atoms with van der Waals surface area (Å²) in [5.74, 6) is -6.41. The van der Waals surface area contributed by atoms with E-state index in [4.69, 9.17) is 0 Å². The Kier molecular flexibility index (Phi) is 5.67. The zero-order valence-electron chi connectivity index (χ0n) is 14.1. The van der Waals surface area contributed by atoms with Gasteiger partial charge in [0.2, 0.25) is 23.5 Å². The summed E-state index contributed by atoms with van der Waals surface area (Å²) in [4.78, 5) is 26.5. The number of piperazine rings is 1.